The fourth-order valence-corrected chi connectivity index (χ4v) is 1.79. The number of hydrogen-bond donors (Lipinski definition) is 2. The minimum atomic E-state index is 0.424. The van der Waals surface area contributed by atoms with E-state index in [1.165, 1.54) is 11.8 Å². The van der Waals surface area contributed by atoms with E-state index >= 15 is 0 Å². The molecule has 0 atom stereocenters. The number of nitrogens with zero attached hydrogens (tertiary/aromatic N) is 4. The van der Waals surface area contributed by atoms with Gasteiger partial charge in [-0.2, -0.15) is 20.1 Å². The standard InChI is InChI=1S/C13H16N6S/c1-3-14-11-16-12(18-13(17-11)20-2)19-15-9-10-7-5-4-6-8-10/h4-9H,3H2,1-2H3,(H2,14,16,17,18,19)/b15-9+. The zero-order chi connectivity index (χ0) is 14.2. The van der Waals surface area contributed by atoms with Crippen molar-refractivity contribution in [2.45, 2.75) is 12.1 Å². The van der Waals surface area contributed by atoms with Gasteiger partial charge in [0, 0.05) is 6.54 Å². The Morgan fingerprint density at radius 1 is 1.15 bits per heavy atom. The van der Waals surface area contributed by atoms with E-state index in [0.29, 0.717) is 17.1 Å². The van der Waals surface area contributed by atoms with Crippen molar-refractivity contribution in [3.8, 4) is 0 Å². The summed E-state index contributed by atoms with van der Waals surface area (Å²) in [6.07, 6.45) is 3.64. The Balaban J connectivity index is 2.08. The molecule has 0 aliphatic carbocycles. The van der Waals surface area contributed by atoms with Gasteiger partial charge in [-0.05, 0) is 18.7 Å². The normalized spacial score (nSPS) is 10.7. The number of thioether (sulfide) groups is 1. The number of rotatable bonds is 6. The number of benzene rings is 1. The van der Waals surface area contributed by atoms with E-state index in [2.05, 4.69) is 30.8 Å². The minimum absolute atomic E-state index is 0.424. The van der Waals surface area contributed by atoms with Gasteiger partial charge in [0.25, 0.3) is 0 Å². The lowest BCUT2D eigenvalue weighted by molar-refractivity contribution is 0.899. The molecule has 2 N–H and O–H groups in total. The third kappa shape index (κ3) is 4.20. The van der Waals surface area contributed by atoms with E-state index in [9.17, 15) is 0 Å². The molecule has 0 saturated carbocycles. The molecule has 0 radical (unpaired) electrons. The predicted octanol–water partition coefficient (Wildman–Crippen LogP) is 2.47. The van der Waals surface area contributed by atoms with Gasteiger partial charge in [0.05, 0.1) is 6.21 Å². The zero-order valence-corrected chi connectivity index (χ0v) is 12.2. The maximum absolute atomic E-state index is 4.25. The van der Waals surface area contributed by atoms with Crippen molar-refractivity contribution in [3.63, 3.8) is 0 Å². The van der Waals surface area contributed by atoms with Gasteiger partial charge in [-0.1, -0.05) is 42.1 Å². The Bertz CT molecular complexity index is 572. The van der Waals surface area contributed by atoms with Crippen LogP contribution in [0.4, 0.5) is 11.9 Å². The van der Waals surface area contributed by atoms with E-state index in [1.807, 2.05) is 43.5 Å². The first-order valence-corrected chi connectivity index (χ1v) is 7.42. The molecule has 20 heavy (non-hydrogen) atoms. The fraction of sp³-hybridized carbons (Fsp3) is 0.231. The van der Waals surface area contributed by atoms with Gasteiger partial charge in [-0.15, -0.1) is 0 Å². The third-order valence-electron chi connectivity index (χ3n) is 2.31. The summed E-state index contributed by atoms with van der Waals surface area (Å²) in [5, 5.41) is 7.83. The van der Waals surface area contributed by atoms with E-state index in [0.717, 1.165) is 12.1 Å². The average molecular weight is 288 g/mol. The van der Waals surface area contributed by atoms with Gasteiger partial charge in [0.15, 0.2) is 5.16 Å². The van der Waals surface area contributed by atoms with Gasteiger partial charge >= 0.3 is 0 Å². The highest BCUT2D eigenvalue weighted by molar-refractivity contribution is 7.98. The molecule has 0 unspecified atom stereocenters. The van der Waals surface area contributed by atoms with Gasteiger partial charge in [-0.25, -0.2) is 5.43 Å². The van der Waals surface area contributed by atoms with Crippen molar-refractivity contribution in [2.24, 2.45) is 5.10 Å². The molecule has 0 amide bonds. The quantitative estimate of drug-likeness (QED) is 0.483. The van der Waals surface area contributed by atoms with Crippen molar-refractivity contribution < 1.29 is 0 Å². The van der Waals surface area contributed by atoms with Crippen molar-refractivity contribution in [2.75, 3.05) is 23.5 Å². The maximum atomic E-state index is 4.25. The topological polar surface area (TPSA) is 75.1 Å². The summed E-state index contributed by atoms with van der Waals surface area (Å²) in [6.45, 7) is 2.74. The summed E-state index contributed by atoms with van der Waals surface area (Å²) < 4.78 is 0. The van der Waals surface area contributed by atoms with Crippen molar-refractivity contribution in [1.82, 2.24) is 15.0 Å². The Kier molecular flexibility index (Phi) is 5.31. The monoisotopic (exact) mass is 288 g/mol. The number of aromatic nitrogens is 3. The number of nitrogens with one attached hydrogen (secondary N) is 2. The summed E-state index contributed by atoms with van der Waals surface area (Å²) in [7, 11) is 0. The molecule has 2 aromatic rings. The van der Waals surface area contributed by atoms with Crippen molar-refractivity contribution in [1.29, 1.82) is 0 Å². The maximum Gasteiger partial charge on any atom is 0.249 e. The highest BCUT2D eigenvalue weighted by Gasteiger charge is 2.04. The Morgan fingerprint density at radius 3 is 2.60 bits per heavy atom. The predicted molar refractivity (Wildman–Crippen MR) is 83.4 cm³/mol. The molecule has 0 fully saturated rings. The van der Waals surface area contributed by atoms with E-state index < -0.39 is 0 Å². The Hall–Kier alpha value is -2.15. The molecule has 1 aromatic heterocycles. The highest BCUT2D eigenvalue weighted by Crippen LogP contribution is 2.13. The van der Waals surface area contributed by atoms with E-state index in [-0.39, 0.29) is 0 Å². The molecule has 0 aliphatic rings. The summed E-state index contributed by atoms with van der Waals surface area (Å²) in [5.74, 6) is 0.969. The van der Waals surface area contributed by atoms with Crippen LogP contribution in [0.25, 0.3) is 0 Å². The molecular weight excluding hydrogens is 272 g/mol. The second kappa shape index (κ2) is 7.44. The smallest absolute Gasteiger partial charge is 0.249 e. The third-order valence-corrected chi connectivity index (χ3v) is 2.86. The summed E-state index contributed by atoms with van der Waals surface area (Å²) in [4.78, 5) is 12.7. The summed E-state index contributed by atoms with van der Waals surface area (Å²) >= 11 is 1.46. The van der Waals surface area contributed by atoms with Gasteiger partial charge in [0.2, 0.25) is 11.9 Å². The SMILES string of the molecule is CCNc1nc(N/N=C/c2ccccc2)nc(SC)n1. The molecule has 0 bridgehead atoms. The van der Waals surface area contributed by atoms with Crippen LogP contribution >= 0.6 is 11.8 Å². The number of hydrogen-bond acceptors (Lipinski definition) is 7. The first-order valence-electron chi connectivity index (χ1n) is 6.20. The van der Waals surface area contributed by atoms with Crippen LogP contribution in [0.3, 0.4) is 0 Å². The number of anilines is 2. The Morgan fingerprint density at radius 2 is 1.90 bits per heavy atom. The van der Waals surface area contributed by atoms with Crippen LogP contribution in [-0.4, -0.2) is 34.0 Å². The average Bonchev–Trinajstić information content (AvgIpc) is 2.48. The van der Waals surface area contributed by atoms with Crippen LogP contribution in [0.2, 0.25) is 0 Å². The second-order valence-electron chi connectivity index (χ2n) is 3.78. The van der Waals surface area contributed by atoms with Crippen LogP contribution in [0.15, 0.2) is 40.6 Å². The fourth-order valence-electron chi connectivity index (χ4n) is 1.44. The largest absolute Gasteiger partial charge is 0.354 e. The lowest BCUT2D eigenvalue weighted by Crippen LogP contribution is -2.07. The molecule has 6 nitrogen and oxygen atoms in total. The molecule has 1 aromatic carbocycles. The summed E-state index contributed by atoms with van der Waals surface area (Å²) in [5.41, 5.74) is 3.83. The first kappa shape index (κ1) is 14.3. The second-order valence-corrected chi connectivity index (χ2v) is 4.55. The molecule has 1 heterocycles. The molecule has 104 valence electrons. The first-order chi connectivity index (χ1) is 9.81. The van der Waals surface area contributed by atoms with Gasteiger partial charge in [-0.3, -0.25) is 0 Å². The Labute approximate surface area is 122 Å². The van der Waals surface area contributed by atoms with Crippen molar-refractivity contribution in [3.05, 3.63) is 35.9 Å². The van der Waals surface area contributed by atoms with Crippen LogP contribution < -0.4 is 10.7 Å². The highest BCUT2D eigenvalue weighted by atomic mass is 32.2. The van der Waals surface area contributed by atoms with Crippen LogP contribution in [-0.2, 0) is 0 Å². The van der Waals surface area contributed by atoms with Crippen LogP contribution in [0.5, 0.6) is 0 Å². The van der Waals surface area contributed by atoms with Crippen LogP contribution in [0, 0.1) is 0 Å². The van der Waals surface area contributed by atoms with E-state index in [4.69, 9.17) is 0 Å². The molecule has 7 heteroatoms. The van der Waals surface area contributed by atoms with Gasteiger partial charge in [0.1, 0.15) is 0 Å². The molecular formula is C13H16N6S. The molecule has 0 spiro atoms. The molecule has 0 aliphatic heterocycles. The molecule has 0 saturated heterocycles. The zero-order valence-electron chi connectivity index (χ0n) is 11.4. The summed E-state index contributed by atoms with van der Waals surface area (Å²) in [6, 6.07) is 9.81. The lowest BCUT2D eigenvalue weighted by Gasteiger charge is -2.05. The number of hydrazone groups is 1. The van der Waals surface area contributed by atoms with E-state index in [1.54, 1.807) is 6.21 Å². The van der Waals surface area contributed by atoms with Crippen LogP contribution in [0.1, 0.15) is 12.5 Å². The van der Waals surface area contributed by atoms with Crippen molar-refractivity contribution >= 4 is 29.9 Å². The lowest BCUT2D eigenvalue weighted by atomic mass is 10.2. The molecule has 2 rings (SSSR count). The minimum Gasteiger partial charge on any atom is -0.354 e. The van der Waals surface area contributed by atoms with Gasteiger partial charge < -0.3 is 5.32 Å².